The molecule has 178 valence electrons. The van der Waals surface area contributed by atoms with E-state index in [1.54, 1.807) is 6.20 Å². The highest BCUT2D eigenvalue weighted by molar-refractivity contribution is 7.16. The van der Waals surface area contributed by atoms with Crippen LogP contribution < -0.4 is 10.6 Å². The molecule has 3 aromatic rings. The van der Waals surface area contributed by atoms with Crippen LogP contribution in [0.4, 0.5) is 5.13 Å². The molecular formula is C27H32N4O2S. The van der Waals surface area contributed by atoms with E-state index >= 15 is 0 Å². The van der Waals surface area contributed by atoms with Crippen LogP contribution in [-0.2, 0) is 11.8 Å². The molecule has 6 nitrogen and oxygen atoms in total. The molecule has 1 aliphatic rings. The van der Waals surface area contributed by atoms with Gasteiger partial charge in [-0.05, 0) is 41.9 Å². The molecule has 1 saturated heterocycles. The molecule has 0 spiro atoms. The van der Waals surface area contributed by atoms with Crippen molar-refractivity contribution in [2.75, 3.05) is 18.0 Å². The number of pyridine rings is 1. The third-order valence-electron chi connectivity index (χ3n) is 6.32. The fourth-order valence-corrected chi connectivity index (χ4v) is 5.51. The van der Waals surface area contributed by atoms with Gasteiger partial charge >= 0.3 is 0 Å². The third kappa shape index (κ3) is 5.70. The lowest BCUT2D eigenvalue weighted by atomic mass is 9.85. The SMILES string of the molecule is CC(C)(C)c1ccc(C(=O)C[C@@H]2CCCN(c3nc(C(N)=O)c(Cc4ccccn4)s3)C2)cc1. The molecule has 3 heterocycles. The van der Waals surface area contributed by atoms with E-state index in [1.165, 1.54) is 16.9 Å². The first-order valence-electron chi connectivity index (χ1n) is 11.8. The number of anilines is 1. The van der Waals surface area contributed by atoms with Gasteiger partial charge < -0.3 is 10.6 Å². The summed E-state index contributed by atoms with van der Waals surface area (Å²) >= 11 is 1.50. The molecule has 2 aromatic heterocycles. The quantitative estimate of drug-likeness (QED) is 0.484. The Morgan fingerprint density at radius 2 is 1.91 bits per heavy atom. The molecule has 0 saturated carbocycles. The zero-order valence-corrected chi connectivity index (χ0v) is 20.9. The molecule has 0 aliphatic carbocycles. The number of ketones is 1. The number of carbonyl (C=O) groups is 2. The molecule has 0 unspecified atom stereocenters. The van der Waals surface area contributed by atoms with Gasteiger partial charge in [0.2, 0.25) is 0 Å². The molecule has 1 aliphatic heterocycles. The predicted molar refractivity (Wildman–Crippen MR) is 137 cm³/mol. The minimum Gasteiger partial charge on any atom is -0.364 e. The molecule has 1 atom stereocenters. The standard InChI is InChI=1S/C27H32N4O2S/c1-27(2,3)20-11-9-19(10-12-20)22(32)15-18-7-6-14-31(17-18)26-30-24(25(28)33)23(34-26)16-21-8-4-5-13-29-21/h4-5,8-13,18H,6-7,14-17H2,1-3H3,(H2,28,33)/t18-/m0/s1. The minimum atomic E-state index is -0.518. The lowest BCUT2D eigenvalue weighted by Gasteiger charge is -2.32. The van der Waals surface area contributed by atoms with E-state index in [0.29, 0.717) is 18.5 Å². The number of nitrogens with zero attached hydrogens (tertiary/aromatic N) is 3. The zero-order chi connectivity index (χ0) is 24.3. The van der Waals surface area contributed by atoms with Crippen LogP contribution in [0.2, 0.25) is 0 Å². The summed E-state index contributed by atoms with van der Waals surface area (Å²) in [4.78, 5) is 37.0. The van der Waals surface area contributed by atoms with Crippen LogP contribution in [-0.4, -0.2) is 34.7 Å². The van der Waals surface area contributed by atoms with E-state index in [0.717, 1.165) is 47.2 Å². The number of carbonyl (C=O) groups excluding carboxylic acids is 2. The molecule has 1 fully saturated rings. The summed E-state index contributed by atoms with van der Waals surface area (Å²) in [6.07, 6.45) is 4.78. The summed E-state index contributed by atoms with van der Waals surface area (Å²) in [5.74, 6) is -0.0836. The number of aromatic nitrogens is 2. The molecule has 2 N–H and O–H groups in total. The lowest BCUT2D eigenvalue weighted by Crippen LogP contribution is -2.36. The Labute approximate surface area is 205 Å². The van der Waals surface area contributed by atoms with Crippen molar-refractivity contribution in [3.63, 3.8) is 0 Å². The monoisotopic (exact) mass is 476 g/mol. The maximum absolute atomic E-state index is 13.0. The number of primary amides is 1. The Hall–Kier alpha value is -3.06. The number of thiazole rings is 1. The predicted octanol–water partition coefficient (Wildman–Crippen LogP) is 5.01. The van der Waals surface area contributed by atoms with Gasteiger partial charge in [0.25, 0.3) is 5.91 Å². The van der Waals surface area contributed by atoms with E-state index in [-0.39, 0.29) is 17.1 Å². The summed E-state index contributed by atoms with van der Waals surface area (Å²) in [6.45, 7) is 8.12. The summed E-state index contributed by atoms with van der Waals surface area (Å²) in [7, 11) is 0. The van der Waals surface area contributed by atoms with Crippen LogP contribution in [0.15, 0.2) is 48.7 Å². The number of rotatable bonds is 7. The van der Waals surface area contributed by atoms with Crippen LogP contribution in [0, 0.1) is 5.92 Å². The highest BCUT2D eigenvalue weighted by Crippen LogP contribution is 2.32. The average Bonchev–Trinajstić information content (AvgIpc) is 3.23. The van der Waals surface area contributed by atoms with Gasteiger partial charge in [0.15, 0.2) is 10.9 Å². The van der Waals surface area contributed by atoms with E-state index < -0.39 is 5.91 Å². The molecule has 1 amide bonds. The summed E-state index contributed by atoms with van der Waals surface area (Å²) in [5.41, 5.74) is 8.89. The van der Waals surface area contributed by atoms with E-state index in [9.17, 15) is 9.59 Å². The first-order chi connectivity index (χ1) is 16.2. The maximum Gasteiger partial charge on any atom is 0.268 e. The van der Waals surface area contributed by atoms with Crippen LogP contribution >= 0.6 is 11.3 Å². The van der Waals surface area contributed by atoms with Crippen molar-refractivity contribution >= 4 is 28.2 Å². The highest BCUT2D eigenvalue weighted by Gasteiger charge is 2.27. The van der Waals surface area contributed by atoms with Crippen molar-refractivity contribution < 1.29 is 9.59 Å². The number of piperidine rings is 1. The second-order valence-electron chi connectivity index (χ2n) is 10.0. The van der Waals surface area contributed by atoms with Crippen molar-refractivity contribution in [1.82, 2.24) is 9.97 Å². The number of hydrogen-bond acceptors (Lipinski definition) is 6. The summed E-state index contributed by atoms with van der Waals surface area (Å²) in [5, 5.41) is 0.798. The first kappa shape index (κ1) is 24.1. The van der Waals surface area contributed by atoms with Crippen LogP contribution in [0.5, 0.6) is 0 Å². The van der Waals surface area contributed by atoms with Crippen LogP contribution in [0.25, 0.3) is 0 Å². The normalized spacial score (nSPS) is 16.4. The van der Waals surface area contributed by atoms with E-state index in [4.69, 9.17) is 5.73 Å². The molecule has 34 heavy (non-hydrogen) atoms. The second kappa shape index (κ2) is 10.1. The van der Waals surface area contributed by atoms with Gasteiger partial charge in [0, 0.05) is 48.3 Å². The Morgan fingerprint density at radius 1 is 1.15 bits per heavy atom. The van der Waals surface area contributed by atoms with Crippen molar-refractivity contribution in [1.29, 1.82) is 0 Å². The number of nitrogens with two attached hydrogens (primary N) is 1. The van der Waals surface area contributed by atoms with E-state index in [1.807, 2.05) is 30.3 Å². The maximum atomic E-state index is 13.0. The number of benzene rings is 1. The smallest absolute Gasteiger partial charge is 0.268 e. The van der Waals surface area contributed by atoms with Gasteiger partial charge in [-0.25, -0.2) is 4.98 Å². The van der Waals surface area contributed by atoms with Crippen LogP contribution in [0.3, 0.4) is 0 Å². The molecule has 1 aromatic carbocycles. The molecule has 4 rings (SSSR count). The van der Waals surface area contributed by atoms with Crippen molar-refractivity contribution in [2.24, 2.45) is 11.7 Å². The fraction of sp³-hybridized carbons (Fsp3) is 0.407. The molecule has 0 radical (unpaired) electrons. The van der Waals surface area contributed by atoms with Gasteiger partial charge in [0.1, 0.15) is 5.69 Å². The summed E-state index contributed by atoms with van der Waals surface area (Å²) < 4.78 is 0. The first-order valence-corrected chi connectivity index (χ1v) is 12.6. The number of hydrogen-bond donors (Lipinski definition) is 1. The van der Waals surface area contributed by atoms with Gasteiger partial charge in [-0.2, -0.15) is 0 Å². The van der Waals surface area contributed by atoms with Crippen molar-refractivity contribution in [3.05, 3.63) is 76.1 Å². The summed E-state index contributed by atoms with van der Waals surface area (Å²) in [6, 6.07) is 13.7. The van der Waals surface area contributed by atoms with Gasteiger partial charge in [-0.3, -0.25) is 14.6 Å². The Kier molecular flexibility index (Phi) is 7.12. The van der Waals surface area contributed by atoms with Gasteiger partial charge in [-0.1, -0.05) is 51.1 Å². The Morgan fingerprint density at radius 3 is 2.56 bits per heavy atom. The van der Waals surface area contributed by atoms with Crippen molar-refractivity contribution in [2.45, 2.75) is 51.9 Å². The van der Waals surface area contributed by atoms with Gasteiger partial charge in [-0.15, -0.1) is 11.3 Å². The topological polar surface area (TPSA) is 89.2 Å². The molecule has 0 bridgehead atoms. The van der Waals surface area contributed by atoms with Crippen molar-refractivity contribution in [3.8, 4) is 0 Å². The average molecular weight is 477 g/mol. The Bertz CT molecular complexity index is 1150. The zero-order valence-electron chi connectivity index (χ0n) is 20.1. The third-order valence-corrected chi connectivity index (χ3v) is 7.44. The number of Topliss-reactive ketones (excluding diaryl/α,β-unsaturated/α-hetero) is 1. The minimum absolute atomic E-state index is 0.0678. The lowest BCUT2D eigenvalue weighted by molar-refractivity contribution is 0.0955. The molecule has 7 heteroatoms. The fourth-order valence-electron chi connectivity index (χ4n) is 4.40. The Balaban J connectivity index is 1.45. The number of amides is 1. The second-order valence-corrected chi connectivity index (χ2v) is 11.1. The van der Waals surface area contributed by atoms with Crippen LogP contribution in [0.1, 0.15) is 77.0 Å². The molecular weight excluding hydrogens is 444 g/mol. The van der Waals surface area contributed by atoms with Gasteiger partial charge in [0.05, 0.1) is 0 Å². The largest absolute Gasteiger partial charge is 0.364 e. The highest BCUT2D eigenvalue weighted by atomic mass is 32.1. The van der Waals surface area contributed by atoms with E-state index in [2.05, 4.69) is 47.8 Å².